The highest BCUT2D eigenvalue weighted by Gasteiger charge is 2.15. The van der Waals surface area contributed by atoms with E-state index >= 15 is 0 Å². The van der Waals surface area contributed by atoms with E-state index in [-0.39, 0.29) is 16.1 Å². The molecule has 0 radical (unpaired) electrons. The summed E-state index contributed by atoms with van der Waals surface area (Å²) in [6.45, 7) is 0. The number of hydrogen-bond donors (Lipinski definition) is 1. The Kier molecular flexibility index (Phi) is 3.38. The topological polar surface area (TPSA) is 54.5 Å². The molecule has 0 spiro atoms. The van der Waals surface area contributed by atoms with Crippen molar-refractivity contribution in [2.75, 3.05) is 0 Å². The average Bonchev–Trinajstić information content (AvgIpc) is 2.94. The van der Waals surface area contributed by atoms with E-state index in [1.165, 1.54) is 12.1 Å². The Bertz CT molecular complexity index is 719. The van der Waals surface area contributed by atoms with E-state index in [0.29, 0.717) is 22.8 Å². The smallest absolute Gasteiger partial charge is 0.198 e. The third-order valence-corrected chi connectivity index (χ3v) is 3.21. The molecule has 0 bridgehead atoms. The Balaban J connectivity index is 2.11. The summed E-state index contributed by atoms with van der Waals surface area (Å²) in [7, 11) is 0. The van der Waals surface area contributed by atoms with Gasteiger partial charge in [0.1, 0.15) is 16.1 Å². The Morgan fingerprint density at radius 1 is 1.00 bits per heavy atom. The fourth-order valence-corrected chi connectivity index (χ4v) is 2.36. The molecular formula is C13H7Cl2FN4. The molecule has 2 heterocycles. The highest BCUT2D eigenvalue weighted by atomic mass is 35.5. The first-order valence-corrected chi connectivity index (χ1v) is 6.39. The van der Waals surface area contributed by atoms with Gasteiger partial charge in [0.15, 0.2) is 11.6 Å². The minimum atomic E-state index is -0.339. The normalized spacial score (nSPS) is 10.8. The van der Waals surface area contributed by atoms with Crippen LogP contribution in [0, 0.1) is 5.82 Å². The van der Waals surface area contributed by atoms with E-state index in [1.807, 2.05) is 0 Å². The average molecular weight is 309 g/mol. The van der Waals surface area contributed by atoms with Gasteiger partial charge in [-0.15, -0.1) is 0 Å². The zero-order valence-corrected chi connectivity index (χ0v) is 11.5. The molecule has 2 aromatic heterocycles. The van der Waals surface area contributed by atoms with Crippen LogP contribution >= 0.6 is 23.2 Å². The van der Waals surface area contributed by atoms with Crippen molar-refractivity contribution in [3.8, 4) is 22.8 Å². The molecule has 0 aliphatic rings. The van der Waals surface area contributed by atoms with Gasteiger partial charge in [0.2, 0.25) is 0 Å². The number of imidazole rings is 1. The van der Waals surface area contributed by atoms with E-state index in [0.717, 1.165) is 0 Å². The molecule has 0 amide bonds. The van der Waals surface area contributed by atoms with Crippen molar-refractivity contribution < 1.29 is 4.39 Å². The number of nitrogens with one attached hydrogen (secondary N) is 1. The van der Waals surface area contributed by atoms with E-state index in [4.69, 9.17) is 23.2 Å². The lowest BCUT2D eigenvalue weighted by Crippen LogP contribution is -1.96. The third-order valence-electron chi connectivity index (χ3n) is 2.66. The van der Waals surface area contributed by atoms with Gasteiger partial charge in [-0.1, -0.05) is 35.3 Å². The molecule has 0 unspecified atom stereocenters. The molecule has 0 aliphatic carbocycles. The number of aromatic amines is 1. The molecule has 3 rings (SSSR count). The lowest BCUT2D eigenvalue weighted by atomic mass is 10.1. The Labute approximate surface area is 123 Å². The second-order valence-corrected chi connectivity index (χ2v) is 4.66. The summed E-state index contributed by atoms with van der Waals surface area (Å²) in [5.41, 5.74) is 1.11. The first-order chi connectivity index (χ1) is 9.65. The summed E-state index contributed by atoms with van der Waals surface area (Å²) in [4.78, 5) is 15.2. The molecule has 0 aliphatic heterocycles. The first kappa shape index (κ1) is 13.0. The Morgan fingerprint density at radius 3 is 2.20 bits per heavy atom. The number of aromatic nitrogens is 4. The minimum Gasteiger partial charge on any atom is -0.342 e. The SMILES string of the molecule is Fc1ccc(-c2c(Cl)nc(-c3ncc[nH]3)nc2Cl)cc1. The summed E-state index contributed by atoms with van der Waals surface area (Å²) < 4.78 is 12.9. The van der Waals surface area contributed by atoms with Crippen LogP contribution in [-0.2, 0) is 0 Å². The van der Waals surface area contributed by atoms with E-state index in [2.05, 4.69) is 19.9 Å². The van der Waals surface area contributed by atoms with Crippen LogP contribution in [0.15, 0.2) is 36.7 Å². The lowest BCUT2D eigenvalue weighted by Gasteiger charge is -2.07. The zero-order chi connectivity index (χ0) is 14.1. The quantitative estimate of drug-likeness (QED) is 0.729. The van der Waals surface area contributed by atoms with E-state index < -0.39 is 0 Å². The van der Waals surface area contributed by atoms with Crippen LogP contribution in [0.3, 0.4) is 0 Å². The minimum absolute atomic E-state index is 0.183. The monoisotopic (exact) mass is 308 g/mol. The molecular weight excluding hydrogens is 302 g/mol. The van der Waals surface area contributed by atoms with Crippen LogP contribution in [0.1, 0.15) is 0 Å². The van der Waals surface area contributed by atoms with Gasteiger partial charge < -0.3 is 4.98 Å². The van der Waals surface area contributed by atoms with Crippen molar-refractivity contribution in [1.82, 2.24) is 19.9 Å². The third kappa shape index (κ3) is 2.37. The second-order valence-electron chi connectivity index (χ2n) is 3.95. The van der Waals surface area contributed by atoms with Gasteiger partial charge in [-0.25, -0.2) is 19.3 Å². The molecule has 4 nitrogen and oxygen atoms in total. The van der Waals surface area contributed by atoms with Crippen LogP contribution in [0.4, 0.5) is 4.39 Å². The predicted octanol–water partition coefficient (Wildman–Crippen LogP) is 3.98. The summed E-state index contributed by atoms with van der Waals surface area (Å²) in [6.07, 6.45) is 3.22. The standard InChI is InChI=1S/C13H7Cl2FN4/c14-10-9(7-1-3-8(16)4-2-7)11(15)20-13(19-10)12-17-5-6-18-12/h1-6H,(H,17,18). The fraction of sp³-hybridized carbons (Fsp3) is 0. The van der Waals surface area contributed by atoms with Crippen molar-refractivity contribution in [1.29, 1.82) is 0 Å². The summed E-state index contributed by atoms with van der Waals surface area (Å²) in [6, 6.07) is 5.78. The molecule has 7 heteroatoms. The molecule has 0 saturated heterocycles. The van der Waals surface area contributed by atoms with E-state index in [1.54, 1.807) is 24.5 Å². The number of hydrogen-bond acceptors (Lipinski definition) is 3. The van der Waals surface area contributed by atoms with Gasteiger partial charge in [0.05, 0.1) is 5.56 Å². The van der Waals surface area contributed by atoms with Crippen LogP contribution in [0.5, 0.6) is 0 Å². The van der Waals surface area contributed by atoms with Crippen molar-refractivity contribution in [3.63, 3.8) is 0 Å². The fourth-order valence-electron chi connectivity index (χ4n) is 1.76. The van der Waals surface area contributed by atoms with Crippen LogP contribution in [-0.4, -0.2) is 19.9 Å². The molecule has 0 saturated carbocycles. The number of benzene rings is 1. The van der Waals surface area contributed by atoms with Gasteiger partial charge in [-0.2, -0.15) is 0 Å². The first-order valence-electron chi connectivity index (χ1n) is 5.64. The van der Waals surface area contributed by atoms with Crippen LogP contribution in [0.2, 0.25) is 10.3 Å². The van der Waals surface area contributed by atoms with Gasteiger partial charge in [-0.3, -0.25) is 0 Å². The number of rotatable bonds is 2. The summed E-state index contributed by atoms with van der Waals surface area (Å²) in [5, 5.41) is 0.367. The predicted molar refractivity (Wildman–Crippen MR) is 75.0 cm³/mol. The highest BCUT2D eigenvalue weighted by Crippen LogP contribution is 2.33. The summed E-state index contributed by atoms with van der Waals surface area (Å²) >= 11 is 12.3. The van der Waals surface area contributed by atoms with Crippen molar-refractivity contribution >= 4 is 23.2 Å². The Hall–Kier alpha value is -1.98. The maximum absolute atomic E-state index is 12.9. The molecule has 100 valence electrons. The molecule has 1 aromatic carbocycles. The Morgan fingerprint density at radius 2 is 1.65 bits per heavy atom. The van der Waals surface area contributed by atoms with Crippen LogP contribution in [0.25, 0.3) is 22.8 Å². The maximum atomic E-state index is 12.9. The molecule has 0 atom stereocenters. The van der Waals surface area contributed by atoms with Crippen molar-refractivity contribution in [3.05, 3.63) is 52.8 Å². The van der Waals surface area contributed by atoms with Gasteiger partial charge >= 0.3 is 0 Å². The zero-order valence-electron chi connectivity index (χ0n) is 9.94. The maximum Gasteiger partial charge on any atom is 0.198 e. The van der Waals surface area contributed by atoms with Crippen molar-refractivity contribution in [2.24, 2.45) is 0 Å². The van der Waals surface area contributed by atoms with Gasteiger partial charge in [0.25, 0.3) is 0 Å². The number of halogens is 3. The van der Waals surface area contributed by atoms with E-state index in [9.17, 15) is 4.39 Å². The lowest BCUT2D eigenvalue weighted by molar-refractivity contribution is 0.628. The summed E-state index contributed by atoms with van der Waals surface area (Å²) in [5.74, 6) is 0.435. The number of nitrogens with zero attached hydrogens (tertiary/aromatic N) is 3. The van der Waals surface area contributed by atoms with Crippen LogP contribution < -0.4 is 0 Å². The van der Waals surface area contributed by atoms with Gasteiger partial charge in [-0.05, 0) is 17.7 Å². The molecule has 1 N–H and O–H groups in total. The molecule has 3 aromatic rings. The molecule has 20 heavy (non-hydrogen) atoms. The highest BCUT2D eigenvalue weighted by molar-refractivity contribution is 6.37. The number of H-pyrrole nitrogens is 1. The molecule has 0 fully saturated rings. The van der Waals surface area contributed by atoms with Crippen molar-refractivity contribution in [2.45, 2.75) is 0 Å². The second kappa shape index (κ2) is 5.19. The van der Waals surface area contributed by atoms with Gasteiger partial charge in [0, 0.05) is 12.4 Å². The largest absolute Gasteiger partial charge is 0.342 e.